The van der Waals surface area contributed by atoms with Crippen LogP contribution in [0.25, 0.3) is 0 Å². The number of hydrogen-bond donors (Lipinski definition) is 2. The average Bonchev–Trinajstić information content (AvgIpc) is 2.45. The second-order valence-electron chi connectivity index (χ2n) is 4.93. The number of carbonyl (C=O) groups excluding carboxylic acids is 1. The molecule has 4 nitrogen and oxygen atoms in total. The van der Waals surface area contributed by atoms with Crippen LogP contribution in [0.1, 0.15) is 45.2 Å². The molecule has 1 rings (SSSR count). The van der Waals surface area contributed by atoms with Crippen molar-refractivity contribution in [3.63, 3.8) is 0 Å². The van der Waals surface area contributed by atoms with Crippen LogP contribution >= 0.6 is 0 Å². The Morgan fingerprint density at radius 3 is 2.60 bits per heavy atom. The van der Waals surface area contributed by atoms with Crippen LogP contribution < -0.4 is 15.4 Å². The molecule has 20 heavy (non-hydrogen) atoms. The summed E-state index contributed by atoms with van der Waals surface area (Å²) in [6.07, 6.45) is 1.32. The summed E-state index contributed by atoms with van der Waals surface area (Å²) in [7, 11) is 1.65. The highest BCUT2D eigenvalue weighted by Crippen LogP contribution is 2.26. The molecule has 2 unspecified atom stereocenters. The lowest BCUT2D eigenvalue weighted by Crippen LogP contribution is -2.35. The van der Waals surface area contributed by atoms with Gasteiger partial charge in [0.15, 0.2) is 0 Å². The van der Waals surface area contributed by atoms with Gasteiger partial charge >= 0.3 is 0 Å². The van der Waals surface area contributed by atoms with E-state index in [0.29, 0.717) is 6.42 Å². The van der Waals surface area contributed by atoms with Crippen molar-refractivity contribution in [2.45, 2.75) is 45.7 Å². The molecular formula is C16H26N2O2. The van der Waals surface area contributed by atoms with E-state index in [0.717, 1.165) is 24.3 Å². The number of benzene rings is 1. The molecule has 0 saturated carbocycles. The molecule has 0 saturated heterocycles. The van der Waals surface area contributed by atoms with Gasteiger partial charge in [0.2, 0.25) is 5.91 Å². The van der Waals surface area contributed by atoms with E-state index in [1.165, 1.54) is 0 Å². The van der Waals surface area contributed by atoms with Crippen LogP contribution in [0, 0.1) is 0 Å². The van der Waals surface area contributed by atoms with Crippen molar-refractivity contribution in [2.24, 2.45) is 0 Å². The Morgan fingerprint density at radius 1 is 1.30 bits per heavy atom. The summed E-state index contributed by atoms with van der Waals surface area (Å²) >= 11 is 0. The van der Waals surface area contributed by atoms with Gasteiger partial charge in [-0.1, -0.05) is 32.0 Å². The van der Waals surface area contributed by atoms with Gasteiger partial charge in [-0.05, 0) is 26.0 Å². The Labute approximate surface area is 121 Å². The first kappa shape index (κ1) is 16.5. The number of carbonyl (C=O) groups is 1. The van der Waals surface area contributed by atoms with E-state index in [4.69, 9.17) is 4.74 Å². The Kier molecular flexibility index (Phi) is 7.09. The lowest BCUT2D eigenvalue weighted by Gasteiger charge is -2.21. The van der Waals surface area contributed by atoms with Crippen molar-refractivity contribution in [1.82, 2.24) is 10.6 Å². The summed E-state index contributed by atoms with van der Waals surface area (Å²) in [4.78, 5) is 12.1. The van der Waals surface area contributed by atoms with Crippen LogP contribution in [-0.2, 0) is 4.79 Å². The van der Waals surface area contributed by atoms with Crippen molar-refractivity contribution in [3.05, 3.63) is 29.8 Å². The summed E-state index contributed by atoms with van der Waals surface area (Å²) < 4.78 is 5.37. The minimum Gasteiger partial charge on any atom is -0.496 e. The molecule has 0 fully saturated rings. The molecule has 1 aromatic carbocycles. The maximum absolute atomic E-state index is 12.1. The van der Waals surface area contributed by atoms with Crippen molar-refractivity contribution in [3.8, 4) is 5.75 Å². The van der Waals surface area contributed by atoms with Gasteiger partial charge in [-0.3, -0.25) is 4.79 Å². The number of nitrogens with one attached hydrogen (secondary N) is 2. The summed E-state index contributed by atoms with van der Waals surface area (Å²) in [5.74, 6) is 0.885. The van der Waals surface area contributed by atoms with E-state index >= 15 is 0 Å². The third-order valence-corrected chi connectivity index (χ3v) is 3.30. The monoisotopic (exact) mass is 278 g/mol. The van der Waals surface area contributed by atoms with Gasteiger partial charge in [-0.2, -0.15) is 0 Å². The van der Waals surface area contributed by atoms with Crippen molar-refractivity contribution >= 4 is 5.91 Å². The van der Waals surface area contributed by atoms with Crippen LogP contribution in [0.5, 0.6) is 5.75 Å². The first-order valence-corrected chi connectivity index (χ1v) is 7.28. The molecule has 0 heterocycles. The van der Waals surface area contributed by atoms with Gasteiger partial charge in [0, 0.05) is 18.0 Å². The molecular weight excluding hydrogens is 252 g/mol. The fourth-order valence-electron chi connectivity index (χ4n) is 2.31. The number of hydrogen-bond acceptors (Lipinski definition) is 3. The van der Waals surface area contributed by atoms with Crippen molar-refractivity contribution in [1.29, 1.82) is 0 Å². The average molecular weight is 278 g/mol. The normalized spacial score (nSPS) is 13.6. The smallest absolute Gasteiger partial charge is 0.222 e. The summed E-state index contributed by atoms with van der Waals surface area (Å²) in [6.45, 7) is 6.99. The van der Waals surface area contributed by atoms with Gasteiger partial charge in [-0.15, -0.1) is 0 Å². The minimum absolute atomic E-state index is 0.00697. The van der Waals surface area contributed by atoms with E-state index < -0.39 is 0 Å². The number of methoxy groups -OCH3 is 1. The number of ether oxygens (including phenoxy) is 1. The zero-order chi connectivity index (χ0) is 15.0. The Hall–Kier alpha value is -1.55. The second kappa shape index (κ2) is 8.59. The van der Waals surface area contributed by atoms with Gasteiger partial charge in [0.05, 0.1) is 13.2 Å². The van der Waals surface area contributed by atoms with E-state index in [1.807, 2.05) is 38.1 Å². The van der Waals surface area contributed by atoms with Gasteiger partial charge < -0.3 is 15.4 Å². The fraction of sp³-hybridized carbons (Fsp3) is 0.562. The van der Waals surface area contributed by atoms with E-state index in [-0.39, 0.29) is 18.0 Å². The molecule has 0 aliphatic heterocycles. The SMILES string of the molecule is CCNC(C)CC(=O)NC(CC)c1ccccc1OC. The second-order valence-corrected chi connectivity index (χ2v) is 4.93. The largest absolute Gasteiger partial charge is 0.496 e. The molecule has 4 heteroatoms. The maximum Gasteiger partial charge on any atom is 0.222 e. The van der Waals surface area contributed by atoms with Crippen LogP contribution in [0.2, 0.25) is 0 Å². The minimum atomic E-state index is -0.00697. The van der Waals surface area contributed by atoms with Crippen molar-refractivity contribution in [2.75, 3.05) is 13.7 Å². The highest BCUT2D eigenvalue weighted by atomic mass is 16.5. The number of para-hydroxylation sites is 1. The van der Waals surface area contributed by atoms with Crippen LogP contribution in [-0.4, -0.2) is 25.6 Å². The number of amides is 1. The predicted octanol–water partition coefficient (Wildman–Crippen LogP) is 2.65. The lowest BCUT2D eigenvalue weighted by atomic mass is 10.0. The summed E-state index contributed by atoms with van der Waals surface area (Å²) in [6, 6.07) is 8.01. The first-order chi connectivity index (χ1) is 9.62. The lowest BCUT2D eigenvalue weighted by molar-refractivity contribution is -0.122. The maximum atomic E-state index is 12.1. The standard InChI is InChI=1S/C16H26N2O2/c1-5-14(13-9-7-8-10-15(13)20-4)18-16(19)11-12(3)17-6-2/h7-10,12,14,17H,5-6,11H2,1-4H3,(H,18,19). The van der Waals surface area contributed by atoms with Crippen LogP contribution in [0.15, 0.2) is 24.3 Å². The molecule has 0 aliphatic rings. The van der Waals surface area contributed by atoms with E-state index in [9.17, 15) is 4.79 Å². The molecule has 112 valence electrons. The van der Waals surface area contributed by atoms with Crippen molar-refractivity contribution < 1.29 is 9.53 Å². The molecule has 0 aliphatic carbocycles. The summed E-state index contributed by atoms with van der Waals surface area (Å²) in [5.41, 5.74) is 1.03. The zero-order valence-electron chi connectivity index (χ0n) is 12.9. The highest BCUT2D eigenvalue weighted by Gasteiger charge is 2.17. The van der Waals surface area contributed by atoms with Gasteiger partial charge in [0.1, 0.15) is 5.75 Å². The molecule has 0 spiro atoms. The molecule has 1 amide bonds. The van der Waals surface area contributed by atoms with Crippen LogP contribution in [0.3, 0.4) is 0 Å². The van der Waals surface area contributed by atoms with E-state index in [2.05, 4.69) is 17.6 Å². The third-order valence-electron chi connectivity index (χ3n) is 3.30. The Bertz CT molecular complexity index is 421. The van der Waals surface area contributed by atoms with Crippen LogP contribution in [0.4, 0.5) is 0 Å². The highest BCUT2D eigenvalue weighted by molar-refractivity contribution is 5.77. The number of rotatable bonds is 8. The topological polar surface area (TPSA) is 50.4 Å². The molecule has 2 N–H and O–H groups in total. The van der Waals surface area contributed by atoms with Gasteiger partial charge in [-0.25, -0.2) is 0 Å². The molecule has 2 atom stereocenters. The molecule has 0 bridgehead atoms. The molecule has 1 aromatic rings. The van der Waals surface area contributed by atoms with E-state index in [1.54, 1.807) is 7.11 Å². The fourth-order valence-corrected chi connectivity index (χ4v) is 2.31. The zero-order valence-corrected chi connectivity index (χ0v) is 12.9. The Morgan fingerprint density at radius 2 is 2.00 bits per heavy atom. The Balaban J connectivity index is 2.69. The first-order valence-electron chi connectivity index (χ1n) is 7.28. The predicted molar refractivity (Wildman–Crippen MR) is 81.9 cm³/mol. The summed E-state index contributed by atoms with van der Waals surface area (Å²) in [5, 5.41) is 6.33. The molecule has 0 radical (unpaired) electrons. The third kappa shape index (κ3) is 4.85. The molecule has 0 aromatic heterocycles. The van der Waals surface area contributed by atoms with Gasteiger partial charge in [0.25, 0.3) is 0 Å². The quantitative estimate of drug-likeness (QED) is 0.768.